The lowest BCUT2D eigenvalue weighted by Gasteiger charge is -2.35. The Morgan fingerprint density at radius 1 is 1.24 bits per heavy atom. The first-order chi connectivity index (χ1) is 12.1. The maximum absolute atomic E-state index is 12.3. The second-order valence-corrected chi connectivity index (χ2v) is 6.26. The van der Waals surface area contributed by atoms with E-state index in [0.29, 0.717) is 43.9 Å². The maximum Gasteiger partial charge on any atom is 0.414 e. The van der Waals surface area contributed by atoms with Gasteiger partial charge in [-0.1, -0.05) is 12.1 Å². The molecule has 1 heterocycles. The van der Waals surface area contributed by atoms with Gasteiger partial charge in [0.25, 0.3) is 0 Å². The Balaban J connectivity index is 2.05. The lowest BCUT2D eigenvalue weighted by atomic mass is 9.70. The second-order valence-electron chi connectivity index (χ2n) is 6.26. The molecule has 6 nitrogen and oxygen atoms in total. The lowest BCUT2D eigenvalue weighted by molar-refractivity contribution is -0.119. The number of methoxy groups -OCH3 is 2. The second kappa shape index (κ2) is 6.78. The summed E-state index contributed by atoms with van der Waals surface area (Å²) in [6, 6.07) is 5.69. The molecule has 0 unspecified atom stereocenters. The number of ether oxygens (including phenoxy) is 3. The third kappa shape index (κ3) is 2.86. The molecule has 0 aromatic heterocycles. The van der Waals surface area contributed by atoms with Crippen LogP contribution in [0.25, 0.3) is 0 Å². The topological polar surface area (TPSA) is 65.1 Å². The zero-order valence-electron chi connectivity index (χ0n) is 14.8. The molecule has 1 aliphatic heterocycles. The molecule has 0 bridgehead atoms. The van der Waals surface area contributed by atoms with E-state index in [9.17, 15) is 9.59 Å². The Kier molecular flexibility index (Phi) is 4.70. The van der Waals surface area contributed by atoms with E-state index in [1.807, 2.05) is 24.3 Å². The summed E-state index contributed by atoms with van der Waals surface area (Å²) < 4.78 is 15.9. The number of fused-ring (bicyclic) bond motifs is 1. The van der Waals surface area contributed by atoms with Crippen LogP contribution in [0, 0.1) is 0 Å². The summed E-state index contributed by atoms with van der Waals surface area (Å²) in [5, 5.41) is 0. The molecule has 0 saturated carbocycles. The number of carbonyl (C=O) groups is 2. The number of allylic oxidation sites excluding steroid dienone is 2. The Morgan fingerprint density at radius 3 is 2.68 bits per heavy atom. The number of likely N-dealkylation sites (tertiary alicyclic amines) is 1. The van der Waals surface area contributed by atoms with E-state index in [2.05, 4.69) is 0 Å². The lowest BCUT2D eigenvalue weighted by Crippen LogP contribution is -2.36. The number of hydrogen-bond acceptors (Lipinski definition) is 5. The highest BCUT2D eigenvalue weighted by Crippen LogP contribution is 2.50. The number of benzene rings is 1. The van der Waals surface area contributed by atoms with Gasteiger partial charge in [0.15, 0.2) is 11.5 Å². The summed E-state index contributed by atoms with van der Waals surface area (Å²) in [6.45, 7) is 2.64. The predicted molar refractivity (Wildman–Crippen MR) is 91.9 cm³/mol. The van der Waals surface area contributed by atoms with Crippen molar-refractivity contribution in [2.24, 2.45) is 0 Å². The fourth-order valence-electron chi connectivity index (χ4n) is 3.83. The summed E-state index contributed by atoms with van der Waals surface area (Å²) in [5.41, 5.74) is 1.30. The molecule has 134 valence electrons. The maximum atomic E-state index is 12.3. The van der Waals surface area contributed by atoms with Gasteiger partial charge in [-0.05, 0) is 31.0 Å². The molecular weight excluding hydrogens is 322 g/mol. The van der Waals surface area contributed by atoms with E-state index in [-0.39, 0.29) is 11.9 Å². The highest BCUT2D eigenvalue weighted by molar-refractivity contribution is 5.86. The minimum atomic E-state index is -0.512. The van der Waals surface area contributed by atoms with Gasteiger partial charge < -0.3 is 14.2 Å². The smallest absolute Gasteiger partial charge is 0.414 e. The Hall–Kier alpha value is -2.50. The van der Waals surface area contributed by atoms with Crippen LogP contribution < -0.4 is 9.47 Å². The quantitative estimate of drug-likeness (QED) is 0.839. The Morgan fingerprint density at radius 2 is 2.00 bits per heavy atom. The SMILES string of the molecule is CCOC(=O)N1CC[C@@]2(c3ccc(OC)c(OC)c3)CC(=O)CC=C12. The molecule has 2 aliphatic rings. The highest BCUT2D eigenvalue weighted by atomic mass is 16.6. The number of rotatable bonds is 4. The first-order valence-electron chi connectivity index (χ1n) is 8.45. The van der Waals surface area contributed by atoms with E-state index in [1.165, 1.54) is 0 Å². The largest absolute Gasteiger partial charge is 0.493 e. The third-order valence-corrected chi connectivity index (χ3v) is 4.99. The van der Waals surface area contributed by atoms with Crippen LogP contribution in [-0.2, 0) is 14.9 Å². The molecule has 6 heteroatoms. The van der Waals surface area contributed by atoms with Crippen molar-refractivity contribution in [2.45, 2.75) is 31.6 Å². The predicted octanol–water partition coefficient (Wildman–Crippen LogP) is 3.05. The van der Waals surface area contributed by atoms with Crippen LogP contribution in [0.5, 0.6) is 11.5 Å². The van der Waals surface area contributed by atoms with Crippen LogP contribution in [-0.4, -0.2) is 44.1 Å². The van der Waals surface area contributed by atoms with Crippen LogP contribution in [0.3, 0.4) is 0 Å². The van der Waals surface area contributed by atoms with E-state index in [0.717, 1.165) is 11.3 Å². The Bertz CT molecular complexity index is 727. The van der Waals surface area contributed by atoms with Crippen LogP contribution in [0.1, 0.15) is 31.7 Å². The van der Waals surface area contributed by atoms with Crippen LogP contribution in [0.2, 0.25) is 0 Å². The van der Waals surface area contributed by atoms with Crippen molar-refractivity contribution in [3.05, 3.63) is 35.5 Å². The van der Waals surface area contributed by atoms with Gasteiger partial charge in [0.2, 0.25) is 0 Å². The molecule has 1 aromatic carbocycles. The molecule has 1 aliphatic carbocycles. The summed E-state index contributed by atoms with van der Waals surface area (Å²) in [5.74, 6) is 1.42. The van der Waals surface area contributed by atoms with Gasteiger partial charge in [0.1, 0.15) is 5.78 Å². The van der Waals surface area contributed by atoms with Gasteiger partial charge in [0.05, 0.1) is 20.8 Å². The highest BCUT2D eigenvalue weighted by Gasteiger charge is 2.49. The first kappa shape index (κ1) is 17.3. The average molecular weight is 345 g/mol. The number of amides is 1. The summed E-state index contributed by atoms with van der Waals surface area (Å²) in [7, 11) is 3.17. The number of hydrogen-bond donors (Lipinski definition) is 0. The molecule has 3 rings (SSSR count). The molecule has 25 heavy (non-hydrogen) atoms. The van der Waals surface area contributed by atoms with Crippen molar-refractivity contribution in [3.8, 4) is 11.5 Å². The first-order valence-corrected chi connectivity index (χ1v) is 8.45. The van der Waals surface area contributed by atoms with Gasteiger partial charge in [-0.2, -0.15) is 0 Å². The van der Waals surface area contributed by atoms with Gasteiger partial charge in [-0.3, -0.25) is 9.69 Å². The van der Waals surface area contributed by atoms with Crippen molar-refractivity contribution in [1.82, 2.24) is 4.90 Å². The van der Waals surface area contributed by atoms with Crippen molar-refractivity contribution in [3.63, 3.8) is 0 Å². The summed E-state index contributed by atoms with van der Waals surface area (Å²) >= 11 is 0. The normalized spacial score (nSPS) is 22.3. The van der Waals surface area contributed by atoms with E-state index in [1.54, 1.807) is 26.0 Å². The van der Waals surface area contributed by atoms with E-state index in [4.69, 9.17) is 14.2 Å². The van der Waals surface area contributed by atoms with Crippen LogP contribution >= 0.6 is 0 Å². The molecule has 1 amide bonds. The summed E-state index contributed by atoms with van der Waals surface area (Å²) in [4.78, 5) is 26.2. The van der Waals surface area contributed by atoms with Gasteiger partial charge in [0, 0.05) is 30.5 Å². The third-order valence-electron chi connectivity index (χ3n) is 4.99. The van der Waals surface area contributed by atoms with Crippen molar-refractivity contribution in [2.75, 3.05) is 27.4 Å². The van der Waals surface area contributed by atoms with Gasteiger partial charge >= 0.3 is 6.09 Å². The van der Waals surface area contributed by atoms with Crippen LogP contribution in [0.4, 0.5) is 4.79 Å². The molecule has 1 atom stereocenters. The zero-order chi connectivity index (χ0) is 18.0. The van der Waals surface area contributed by atoms with Crippen molar-refractivity contribution >= 4 is 11.9 Å². The molecule has 1 aromatic rings. The van der Waals surface area contributed by atoms with Crippen LogP contribution in [0.15, 0.2) is 30.0 Å². The molecule has 0 radical (unpaired) electrons. The molecule has 1 saturated heterocycles. The minimum Gasteiger partial charge on any atom is -0.493 e. The number of ketones is 1. The minimum absolute atomic E-state index is 0.171. The number of carbonyl (C=O) groups excluding carboxylic acids is 2. The van der Waals surface area contributed by atoms with E-state index < -0.39 is 5.41 Å². The van der Waals surface area contributed by atoms with Gasteiger partial charge in [-0.25, -0.2) is 4.79 Å². The molecular formula is C19H23NO5. The fourth-order valence-corrected chi connectivity index (χ4v) is 3.83. The zero-order valence-corrected chi connectivity index (χ0v) is 14.8. The fraction of sp³-hybridized carbons (Fsp3) is 0.474. The average Bonchev–Trinajstić information content (AvgIpc) is 3.01. The monoisotopic (exact) mass is 345 g/mol. The Labute approximate surface area is 147 Å². The standard InChI is InChI=1S/C19H23NO5/c1-4-25-18(22)20-10-9-19(12-14(21)6-8-17(19)20)13-5-7-15(23-2)16(11-13)24-3/h5,7-8,11H,4,6,9-10,12H2,1-3H3/t19-/m0/s1. The molecule has 1 fully saturated rings. The molecule has 0 spiro atoms. The van der Waals surface area contributed by atoms with E-state index >= 15 is 0 Å². The molecule has 0 N–H and O–H groups in total. The van der Waals surface area contributed by atoms with Crippen molar-refractivity contribution < 1.29 is 23.8 Å². The number of Topliss-reactive ketones (excluding diaryl/α,β-unsaturated/α-hetero) is 1. The van der Waals surface area contributed by atoms with Crippen molar-refractivity contribution in [1.29, 1.82) is 0 Å². The summed E-state index contributed by atoms with van der Waals surface area (Å²) in [6.07, 6.45) is 2.92. The number of nitrogens with zero attached hydrogens (tertiary/aromatic N) is 1. The van der Waals surface area contributed by atoms with Gasteiger partial charge in [-0.15, -0.1) is 0 Å².